The van der Waals surface area contributed by atoms with Gasteiger partial charge < -0.3 is 14.4 Å². The summed E-state index contributed by atoms with van der Waals surface area (Å²) >= 11 is 0. The van der Waals surface area contributed by atoms with Crippen molar-refractivity contribution in [2.45, 2.75) is 46.5 Å². The van der Waals surface area contributed by atoms with E-state index in [0.29, 0.717) is 25.6 Å². The predicted octanol–water partition coefficient (Wildman–Crippen LogP) is 3.68. The Labute approximate surface area is 139 Å². The highest BCUT2D eigenvalue weighted by Crippen LogP contribution is 2.29. The lowest BCUT2D eigenvalue weighted by Gasteiger charge is -2.31. The molecule has 1 aromatic carbocycles. The largest absolute Gasteiger partial charge is 0.490 e. The molecule has 0 spiro atoms. The number of amides is 1. The summed E-state index contributed by atoms with van der Waals surface area (Å²) in [5.41, 5.74) is 1.12. The molecule has 128 valence electrons. The Morgan fingerprint density at radius 2 is 1.96 bits per heavy atom. The first kappa shape index (κ1) is 17.6. The fourth-order valence-corrected chi connectivity index (χ4v) is 3.08. The van der Waals surface area contributed by atoms with Crippen LogP contribution in [0.3, 0.4) is 0 Å². The maximum atomic E-state index is 12.4. The molecule has 0 N–H and O–H groups in total. The number of rotatable bonds is 7. The van der Waals surface area contributed by atoms with Crippen LogP contribution < -0.4 is 9.47 Å². The average Bonchev–Trinajstić information content (AvgIpc) is 2.55. The number of carbonyl (C=O) groups excluding carboxylic acids is 1. The van der Waals surface area contributed by atoms with Crippen molar-refractivity contribution in [1.82, 2.24) is 4.90 Å². The molecule has 0 saturated carbocycles. The second-order valence-electron chi connectivity index (χ2n) is 6.23. The average molecular weight is 319 g/mol. The summed E-state index contributed by atoms with van der Waals surface area (Å²) in [6.07, 6.45) is 3.67. The highest BCUT2D eigenvalue weighted by atomic mass is 16.5. The first-order valence-corrected chi connectivity index (χ1v) is 8.80. The van der Waals surface area contributed by atoms with Gasteiger partial charge in [-0.2, -0.15) is 0 Å². The van der Waals surface area contributed by atoms with Gasteiger partial charge in [0.25, 0.3) is 0 Å². The molecule has 0 unspecified atom stereocenters. The quantitative estimate of drug-likeness (QED) is 0.769. The predicted molar refractivity (Wildman–Crippen MR) is 92.1 cm³/mol. The Hall–Kier alpha value is -1.71. The molecule has 1 aliphatic rings. The summed E-state index contributed by atoms with van der Waals surface area (Å²) in [5.74, 6) is 2.44. The van der Waals surface area contributed by atoms with Gasteiger partial charge >= 0.3 is 0 Å². The zero-order chi connectivity index (χ0) is 16.7. The second-order valence-corrected chi connectivity index (χ2v) is 6.23. The molecule has 0 aliphatic carbocycles. The summed E-state index contributed by atoms with van der Waals surface area (Å²) < 4.78 is 11.2. The molecule has 1 aromatic rings. The molecule has 1 amide bonds. The SMILES string of the molecule is CCOc1ccc(CCC(=O)N2CCC[C@@H](C)C2)cc1OCC. The number of benzene rings is 1. The number of hydrogen-bond donors (Lipinski definition) is 0. The lowest BCUT2D eigenvalue weighted by atomic mass is 9.99. The van der Waals surface area contributed by atoms with E-state index in [4.69, 9.17) is 9.47 Å². The molecule has 1 atom stereocenters. The molecular weight excluding hydrogens is 290 g/mol. The van der Waals surface area contributed by atoms with Crippen molar-refractivity contribution in [2.24, 2.45) is 5.92 Å². The number of piperidine rings is 1. The fraction of sp³-hybridized carbons (Fsp3) is 0.632. The number of nitrogens with zero attached hydrogens (tertiary/aromatic N) is 1. The van der Waals surface area contributed by atoms with Crippen LogP contribution in [0.15, 0.2) is 18.2 Å². The van der Waals surface area contributed by atoms with Crippen LogP contribution in [0.1, 0.15) is 45.6 Å². The monoisotopic (exact) mass is 319 g/mol. The molecule has 4 nitrogen and oxygen atoms in total. The third-order valence-electron chi connectivity index (χ3n) is 4.25. The van der Waals surface area contributed by atoms with E-state index in [1.165, 1.54) is 6.42 Å². The molecule has 0 aromatic heterocycles. The van der Waals surface area contributed by atoms with E-state index in [1.807, 2.05) is 36.9 Å². The Bertz CT molecular complexity index is 515. The van der Waals surface area contributed by atoms with Crippen LogP contribution in [0.4, 0.5) is 0 Å². The fourth-order valence-electron chi connectivity index (χ4n) is 3.08. The highest BCUT2D eigenvalue weighted by Gasteiger charge is 2.20. The van der Waals surface area contributed by atoms with E-state index in [0.717, 1.165) is 43.0 Å². The van der Waals surface area contributed by atoms with E-state index >= 15 is 0 Å². The summed E-state index contributed by atoms with van der Waals surface area (Å²) in [6.45, 7) is 9.19. The Balaban J connectivity index is 1.94. The van der Waals surface area contributed by atoms with Crippen LogP contribution in [-0.2, 0) is 11.2 Å². The van der Waals surface area contributed by atoms with E-state index in [1.54, 1.807) is 0 Å². The summed E-state index contributed by atoms with van der Waals surface area (Å²) in [4.78, 5) is 14.4. The first-order valence-electron chi connectivity index (χ1n) is 8.80. The van der Waals surface area contributed by atoms with Gasteiger partial charge in [0.15, 0.2) is 11.5 Å². The maximum absolute atomic E-state index is 12.4. The van der Waals surface area contributed by atoms with Crippen molar-refractivity contribution in [3.8, 4) is 11.5 Å². The van der Waals surface area contributed by atoms with Crippen molar-refractivity contribution in [1.29, 1.82) is 0 Å². The van der Waals surface area contributed by atoms with Crippen molar-refractivity contribution >= 4 is 5.91 Å². The third-order valence-corrected chi connectivity index (χ3v) is 4.25. The van der Waals surface area contributed by atoms with E-state index in [9.17, 15) is 4.79 Å². The minimum Gasteiger partial charge on any atom is -0.490 e. The van der Waals surface area contributed by atoms with E-state index in [2.05, 4.69) is 6.92 Å². The van der Waals surface area contributed by atoms with Gasteiger partial charge in [-0.3, -0.25) is 4.79 Å². The van der Waals surface area contributed by atoms with Gasteiger partial charge in [0, 0.05) is 19.5 Å². The maximum Gasteiger partial charge on any atom is 0.222 e. The molecule has 0 radical (unpaired) electrons. The van der Waals surface area contributed by atoms with Gasteiger partial charge in [0.1, 0.15) is 0 Å². The van der Waals surface area contributed by atoms with Gasteiger partial charge in [0.2, 0.25) is 5.91 Å². The molecule has 23 heavy (non-hydrogen) atoms. The Morgan fingerprint density at radius 1 is 1.22 bits per heavy atom. The molecule has 1 heterocycles. The molecule has 0 bridgehead atoms. The van der Waals surface area contributed by atoms with Crippen molar-refractivity contribution < 1.29 is 14.3 Å². The molecular formula is C19H29NO3. The van der Waals surface area contributed by atoms with Crippen molar-refractivity contribution in [3.63, 3.8) is 0 Å². The van der Waals surface area contributed by atoms with Gasteiger partial charge in [-0.25, -0.2) is 0 Å². The van der Waals surface area contributed by atoms with E-state index < -0.39 is 0 Å². The van der Waals surface area contributed by atoms with Crippen LogP contribution in [0.5, 0.6) is 11.5 Å². The van der Waals surface area contributed by atoms with Crippen LogP contribution in [-0.4, -0.2) is 37.1 Å². The van der Waals surface area contributed by atoms with E-state index in [-0.39, 0.29) is 5.91 Å². The lowest BCUT2D eigenvalue weighted by molar-refractivity contribution is -0.132. The van der Waals surface area contributed by atoms with Crippen LogP contribution in [0.2, 0.25) is 0 Å². The third kappa shape index (κ3) is 5.15. The second kappa shape index (κ2) is 8.80. The molecule has 2 rings (SSSR count). The van der Waals surface area contributed by atoms with Crippen LogP contribution in [0.25, 0.3) is 0 Å². The lowest BCUT2D eigenvalue weighted by Crippen LogP contribution is -2.39. The number of ether oxygens (including phenoxy) is 2. The smallest absolute Gasteiger partial charge is 0.222 e. The minimum atomic E-state index is 0.267. The van der Waals surface area contributed by atoms with Crippen LogP contribution in [0, 0.1) is 5.92 Å². The Kier molecular flexibility index (Phi) is 6.75. The first-order chi connectivity index (χ1) is 11.1. The standard InChI is InChI=1S/C19H29NO3/c1-4-22-17-10-8-16(13-18(17)23-5-2)9-11-19(21)20-12-6-7-15(3)14-20/h8,10,13,15H,4-7,9,11-12,14H2,1-3H3/t15-/m1/s1. The zero-order valence-corrected chi connectivity index (χ0v) is 14.6. The van der Waals surface area contributed by atoms with Gasteiger partial charge in [0.05, 0.1) is 13.2 Å². The number of likely N-dealkylation sites (tertiary alicyclic amines) is 1. The normalized spacial score (nSPS) is 17.9. The summed E-state index contributed by atoms with van der Waals surface area (Å²) in [6, 6.07) is 5.97. The molecule has 4 heteroatoms. The summed E-state index contributed by atoms with van der Waals surface area (Å²) in [5, 5.41) is 0. The number of aryl methyl sites for hydroxylation is 1. The number of carbonyl (C=O) groups is 1. The molecule has 1 fully saturated rings. The van der Waals surface area contributed by atoms with Crippen LogP contribution >= 0.6 is 0 Å². The number of hydrogen-bond acceptors (Lipinski definition) is 3. The highest BCUT2D eigenvalue weighted by molar-refractivity contribution is 5.76. The topological polar surface area (TPSA) is 38.8 Å². The van der Waals surface area contributed by atoms with Crippen molar-refractivity contribution in [3.05, 3.63) is 23.8 Å². The van der Waals surface area contributed by atoms with Crippen molar-refractivity contribution in [2.75, 3.05) is 26.3 Å². The molecule has 1 aliphatic heterocycles. The molecule has 1 saturated heterocycles. The van der Waals surface area contributed by atoms with Gasteiger partial charge in [-0.15, -0.1) is 0 Å². The van der Waals surface area contributed by atoms with Gasteiger partial charge in [-0.1, -0.05) is 13.0 Å². The zero-order valence-electron chi connectivity index (χ0n) is 14.6. The minimum absolute atomic E-state index is 0.267. The summed E-state index contributed by atoms with van der Waals surface area (Å²) in [7, 11) is 0. The van der Waals surface area contributed by atoms with Gasteiger partial charge in [-0.05, 0) is 56.7 Å². The Morgan fingerprint density at radius 3 is 2.65 bits per heavy atom.